The van der Waals surface area contributed by atoms with Crippen molar-refractivity contribution in [3.05, 3.63) is 17.7 Å². The highest BCUT2D eigenvalue weighted by molar-refractivity contribution is 5.61. The maximum atomic E-state index is 11.0. The van der Waals surface area contributed by atoms with E-state index in [-0.39, 0.29) is 18.1 Å². The third kappa shape index (κ3) is 1.65. The first-order valence-corrected chi connectivity index (χ1v) is 5.85. The monoisotopic (exact) mass is 222 g/mol. The van der Waals surface area contributed by atoms with Gasteiger partial charge < -0.3 is 9.47 Å². The molecule has 0 aromatic heterocycles. The fourth-order valence-corrected chi connectivity index (χ4v) is 2.83. The maximum Gasteiger partial charge on any atom is 0.156 e. The lowest BCUT2D eigenvalue weighted by Crippen LogP contribution is -2.39. The number of allylic oxidation sites excluding steroid dienone is 1. The quantitative estimate of drug-likeness (QED) is 0.415. The highest BCUT2D eigenvalue weighted by atomic mass is 16.7. The molecule has 0 radical (unpaired) electrons. The van der Waals surface area contributed by atoms with Crippen molar-refractivity contribution in [2.75, 3.05) is 6.61 Å². The van der Waals surface area contributed by atoms with Crippen molar-refractivity contribution >= 4 is 5.94 Å². The van der Waals surface area contributed by atoms with Crippen LogP contribution in [0.1, 0.15) is 27.2 Å². The van der Waals surface area contributed by atoms with Gasteiger partial charge in [0.15, 0.2) is 6.29 Å². The van der Waals surface area contributed by atoms with E-state index in [9.17, 15) is 4.79 Å². The van der Waals surface area contributed by atoms with Gasteiger partial charge in [-0.2, -0.15) is 0 Å². The zero-order chi connectivity index (χ0) is 11.8. The summed E-state index contributed by atoms with van der Waals surface area (Å²) < 4.78 is 11.3. The van der Waals surface area contributed by atoms with E-state index in [0.29, 0.717) is 6.61 Å². The van der Waals surface area contributed by atoms with Crippen LogP contribution in [0, 0.1) is 11.8 Å². The van der Waals surface area contributed by atoms with Crippen molar-refractivity contribution < 1.29 is 14.3 Å². The highest BCUT2D eigenvalue weighted by Gasteiger charge is 2.52. The molecule has 0 spiro atoms. The molecule has 2 aliphatic rings. The third-order valence-electron chi connectivity index (χ3n) is 3.62. The van der Waals surface area contributed by atoms with Crippen LogP contribution < -0.4 is 0 Å². The van der Waals surface area contributed by atoms with Crippen LogP contribution in [0.3, 0.4) is 0 Å². The summed E-state index contributed by atoms with van der Waals surface area (Å²) in [4.78, 5) is 11.0. The molecule has 4 atom stereocenters. The first-order chi connectivity index (χ1) is 7.61. The Kier molecular flexibility index (Phi) is 3.02. The second kappa shape index (κ2) is 4.17. The second-order valence-electron chi connectivity index (χ2n) is 4.60. The number of carbonyl (C=O) groups excluding carboxylic acids is 1. The molecule has 0 heterocycles. The number of hydrogen-bond donors (Lipinski definition) is 0. The van der Waals surface area contributed by atoms with Gasteiger partial charge in [-0.15, -0.1) is 0 Å². The lowest BCUT2D eigenvalue weighted by molar-refractivity contribution is -0.188. The molecule has 0 saturated heterocycles. The van der Waals surface area contributed by atoms with E-state index in [4.69, 9.17) is 9.47 Å². The minimum absolute atomic E-state index is 0.223. The molecular formula is C13H18O3. The molecule has 1 fully saturated rings. The first-order valence-electron chi connectivity index (χ1n) is 5.85. The minimum Gasteiger partial charge on any atom is -0.353 e. The Morgan fingerprint density at radius 3 is 3.00 bits per heavy atom. The lowest BCUT2D eigenvalue weighted by atomic mass is 9.86. The Morgan fingerprint density at radius 2 is 2.38 bits per heavy atom. The van der Waals surface area contributed by atoms with Crippen LogP contribution in [0.15, 0.2) is 17.7 Å². The molecule has 0 N–H and O–H groups in total. The van der Waals surface area contributed by atoms with E-state index < -0.39 is 5.60 Å². The van der Waals surface area contributed by atoms with Gasteiger partial charge in [0.05, 0.1) is 5.57 Å². The summed E-state index contributed by atoms with van der Waals surface area (Å²) in [6, 6.07) is 0. The molecule has 88 valence electrons. The minimum atomic E-state index is -0.518. The van der Waals surface area contributed by atoms with Crippen molar-refractivity contribution in [2.45, 2.75) is 39.1 Å². The molecule has 4 unspecified atom stereocenters. The number of rotatable bonds is 4. The predicted molar refractivity (Wildman–Crippen MR) is 60.5 cm³/mol. The highest BCUT2D eigenvalue weighted by Crippen LogP contribution is 2.51. The van der Waals surface area contributed by atoms with Gasteiger partial charge in [-0.3, -0.25) is 0 Å². The molecule has 16 heavy (non-hydrogen) atoms. The standard InChI is InChI=1S/C13H18O3/c1-4-15-9(2)16-13(3)11-6-5-10(7-11)12(13)8-14/h5-6,9-11H,4,7H2,1-3H3. The van der Waals surface area contributed by atoms with Crippen LogP contribution in [0.2, 0.25) is 0 Å². The summed E-state index contributed by atoms with van der Waals surface area (Å²) in [7, 11) is 0. The van der Waals surface area contributed by atoms with E-state index in [2.05, 4.69) is 18.1 Å². The topological polar surface area (TPSA) is 35.5 Å². The molecule has 0 amide bonds. The molecule has 2 aliphatic carbocycles. The predicted octanol–water partition coefficient (Wildman–Crippen LogP) is 2.11. The maximum absolute atomic E-state index is 11.0. The van der Waals surface area contributed by atoms with E-state index in [1.807, 2.05) is 20.8 Å². The molecule has 1 saturated carbocycles. The molecule has 2 rings (SSSR count). The summed E-state index contributed by atoms with van der Waals surface area (Å²) in [6.07, 6.45) is 4.91. The average molecular weight is 222 g/mol. The van der Waals surface area contributed by atoms with Crippen molar-refractivity contribution in [2.24, 2.45) is 11.8 Å². The summed E-state index contributed by atoms with van der Waals surface area (Å²) in [5.41, 5.74) is 0.224. The molecule has 0 aliphatic heterocycles. The fourth-order valence-electron chi connectivity index (χ4n) is 2.83. The van der Waals surface area contributed by atoms with Gasteiger partial charge in [-0.25, -0.2) is 4.79 Å². The Balaban J connectivity index is 2.18. The van der Waals surface area contributed by atoms with Crippen molar-refractivity contribution in [1.29, 1.82) is 0 Å². The first kappa shape index (κ1) is 11.6. The van der Waals surface area contributed by atoms with E-state index >= 15 is 0 Å². The Labute approximate surface area is 96.1 Å². The summed E-state index contributed by atoms with van der Waals surface area (Å²) in [5, 5.41) is 0. The number of ether oxygens (including phenoxy) is 2. The van der Waals surface area contributed by atoms with Gasteiger partial charge in [0.25, 0.3) is 0 Å². The van der Waals surface area contributed by atoms with Crippen LogP contribution in [0.5, 0.6) is 0 Å². The Hall–Kier alpha value is -0.890. The van der Waals surface area contributed by atoms with Gasteiger partial charge in [-0.05, 0) is 27.2 Å². The smallest absolute Gasteiger partial charge is 0.156 e. The lowest BCUT2D eigenvalue weighted by Gasteiger charge is -2.34. The largest absolute Gasteiger partial charge is 0.353 e. The molecule has 3 heteroatoms. The molecule has 0 aromatic rings. The zero-order valence-corrected chi connectivity index (χ0v) is 10.0. The number of hydrogen-bond acceptors (Lipinski definition) is 3. The normalized spacial score (nSPS) is 37.8. The molecule has 0 aromatic carbocycles. The summed E-state index contributed by atoms with van der Waals surface area (Å²) in [6.45, 7) is 6.38. The summed E-state index contributed by atoms with van der Waals surface area (Å²) in [5.74, 6) is 2.58. The van der Waals surface area contributed by atoms with Crippen LogP contribution >= 0.6 is 0 Å². The van der Waals surface area contributed by atoms with Crippen molar-refractivity contribution in [1.82, 2.24) is 0 Å². The zero-order valence-electron chi connectivity index (χ0n) is 10.0. The summed E-state index contributed by atoms with van der Waals surface area (Å²) >= 11 is 0. The van der Waals surface area contributed by atoms with Gasteiger partial charge in [-0.1, -0.05) is 12.2 Å². The SMILES string of the molecule is CCOC(C)OC1(C)C(=C=O)C2C=CC1C2. The van der Waals surface area contributed by atoms with Crippen molar-refractivity contribution in [3.63, 3.8) is 0 Å². The van der Waals surface area contributed by atoms with Crippen LogP contribution in [-0.2, 0) is 14.3 Å². The number of fused-ring (bicyclic) bond motifs is 2. The van der Waals surface area contributed by atoms with Crippen LogP contribution in [0.4, 0.5) is 0 Å². The van der Waals surface area contributed by atoms with Gasteiger partial charge >= 0.3 is 0 Å². The van der Waals surface area contributed by atoms with Gasteiger partial charge in [0, 0.05) is 18.4 Å². The van der Waals surface area contributed by atoms with Crippen molar-refractivity contribution in [3.8, 4) is 0 Å². The second-order valence-corrected chi connectivity index (χ2v) is 4.60. The Bertz CT molecular complexity index is 354. The van der Waals surface area contributed by atoms with Crippen LogP contribution in [0.25, 0.3) is 0 Å². The van der Waals surface area contributed by atoms with E-state index in [0.717, 1.165) is 12.0 Å². The third-order valence-corrected chi connectivity index (χ3v) is 3.62. The van der Waals surface area contributed by atoms with Gasteiger partial charge in [0.1, 0.15) is 11.5 Å². The van der Waals surface area contributed by atoms with E-state index in [1.165, 1.54) is 0 Å². The fraction of sp³-hybridized carbons (Fsp3) is 0.692. The molecular weight excluding hydrogens is 204 g/mol. The average Bonchev–Trinajstić information content (AvgIpc) is 2.76. The van der Waals surface area contributed by atoms with E-state index in [1.54, 1.807) is 0 Å². The molecule has 3 nitrogen and oxygen atoms in total. The van der Waals surface area contributed by atoms with Gasteiger partial charge in [0.2, 0.25) is 0 Å². The molecule has 2 bridgehead atoms. The van der Waals surface area contributed by atoms with Crippen LogP contribution in [-0.4, -0.2) is 24.4 Å². The Morgan fingerprint density at radius 1 is 1.62 bits per heavy atom.